The topological polar surface area (TPSA) is 0 Å². The van der Waals surface area contributed by atoms with Crippen molar-refractivity contribution in [2.75, 3.05) is 0 Å². The number of hydrogen-bond acceptors (Lipinski definition) is 0. The minimum absolute atomic E-state index is 0.307. The van der Waals surface area contributed by atoms with Crippen molar-refractivity contribution in [3.8, 4) is 0 Å². The lowest BCUT2D eigenvalue weighted by Gasteiger charge is -2.43. The van der Waals surface area contributed by atoms with E-state index < -0.39 is 0 Å². The van der Waals surface area contributed by atoms with Crippen LogP contribution in [0.5, 0.6) is 0 Å². The molecule has 0 amide bonds. The molecule has 1 heteroatoms. The summed E-state index contributed by atoms with van der Waals surface area (Å²) in [4.78, 5) is 0. The molecule has 2 rings (SSSR count). The molecule has 1 fully saturated rings. The van der Waals surface area contributed by atoms with Crippen LogP contribution in [-0.4, -0.2) is 11.3 Å². The zero-order chi connectivity index (χ0) is 10.1. The molecule has 0 aromatic rings. The Morgan fingerprint density at radius 1 is 1.21 bits per heavy atom. The van der Waals surface area contributed by atoms with E-state index in [-0.39, 0.29) is 0 Å². The second-order valence-corrected chi connectivity index (χ2v) is 8.11. The Hall–Kier alpha value is 0.170. The summed E-state index contributed by atoms with van der Waals surface area (Å²) in [6, 6.07) is 0. The smallest absolute Gasteiger partial charge is 0.0192 e. The van der Waals surface area contributed by atoms with Gasteiger partial charge in [-0.1, -0.05) is 40.7 Å². The van der Waals surface area contributed by atoms with Crippen molar-refractivity contribution in [1.82, 2.24) is 0 Å². The zero-order valence-corrected chi connectivity index (χ0v) is 10.7. The van der Waals surface area contributed by atoms with Gasteiger partial charge in [-0.25, -0.2) is 0 Å². The molecule has 2 atom stereocenters. The van der Waals surface area contributed by atoms with Crippen molar-refractivity contribution in [1.29, 1.82) is 0 Å². The average Bonchev–Trinajstić information content (AvgIpc) is 2.54. The molecule has 1 aliphatic heterocycles. The molecule has 0 aromatic carbocycles. The van der Waals surface area contributed by atoms with Crippen LogP contribution in [0.1, 0.15) is 59.3 Å². The SMILES string of the molecule is CCCC1=C(P2[C@@H](C)C[C@@H]2C)CCC1. The van der Waals surface area contributed by atoms with Crippen LogP contribution < -0.4 is 0 Å². The highest BCUT2D eigenvalue weighted by molar-refractivity contribution is 7.65. The van der Waals surface area contributed by atoms with E-state index in [1.54, 1.807) is 0 Å². The molecule has 1 aliphatic carbocycles. The molecule has 80 valence electrons. The molecule has 0 bridgehead atoms. The van der Waals surface area contributed by atoms with Crippen molar-refractivity contribution in [2.24, 2.45) is 0 Å². The van der Waals surface area contributed by atoms with E-state index >= 15 is 0 Å². The van der Waals surface area contributed by atoms with Gasteiger partial charge in [0.25, 0.3) is 0 Å². The third-order valence-corrected chi connectivity index (χ3v) is 7.28. The van der Waals surface area contributed by atoms with Crippen molar-refractivity contribution < 1.29 is 0 Å². The Balaban J connectivity index is 2.10. The van der Waals surface area contributed by atoms with Crippen molar-refractivity contribution >= 4 is 7.92 Å². The summed E-state index contributed by atoms with van der Waals surface area (Å²) in [5.41, 5.74) is 3.96. The van der Waals surface area contributed by atoms with Gasteiger partial charge >= 0.3 is 0 Å². The fourth-order valence-electron chi connectivity index (χ4n) is 3.22. The maximum atomic E-state index is 2.47. The van der Waals surface area contributed by atoms with Gasteiger partial charge in [0.05, 0.1) is 0 Å². The van der Waals surface area contributed by atoms with E-state index in [4.69, 9.17) is 0 Å². The number of hydrogen-bond donors (Lipinski definition) is 0. The Bertz CT molecular complexity index is 234. The summed E-state index contributed by atoms with van der Waals surface area (Å²) in [5.74, 6) is 0. The minimum atomic E-state index is 0.307. The van der Waals surface area contributed by atoms with E-state index in [1.807, 2.05) is 10.9 Å². The van der Waals surface area contributed by atoms with Gasteiger partial charge in [0, 0.05) is 0 Å². The fourth-order valence-corrected chi connectivity index (χ4v) is 6.85. The first-order valence-electron chi connectivity index (χ1n) is 6.23. The Kier molecular flexibility index (Phi) is 3.32. The zero-order valence-electron chi connectivity index (χ0n) is 9.84. The fraction of sp³-hybridized carbons (Fsp3) is 0.846. The summed E-state index contributed by atoms with van der Waals surface area (Å²) < 4.78 is 0. The van der Waals surface area contributed by atoms with Crippen LogP contribution in [-0.2, 0) is 0 Å². The Morgan fingerprint density at radius 3 is 2.50 bits per heavy atom. The summed E-state index contributed by atoms with van der Waals surface area (Å²) in [6.45, 7) is 7.27. The van der Waals surface area contributed by atoms with Gasteiger partial charge in [-0.05, 0) is 48.7 Å². The van der Waals surface area contributed by atoms with Crippen LogP contribution in [0, 0.1) is 0 Å². The van der Waals surface area contributed by atoms with Gasteiger partial charge in [-0.2, -0.15) is 0 Å². The van der Waals surface area contributed by atoms with Crippen LogP contribution >= 0.6 is 7.92 Å². The van der Waals surface area contributed by atoms with Crippen LogP contribution in [0.2, 0.25) is 0 Å². The molecule has 0 N–H and O–H groups in total. The number of allylic oxidation sites excluding steroid dienone is 2. The molecule has 14 heavy (non-hydrogen) atoms. The normalized spacial score (nSPS) is 33.6. The predicted molar refractivity (Wildman–Crippen MR) is 66.2 cm³/mol. The van der Waals surface area contributed by atoms with E-state index in [1.165, 1.54) is 38.5 Å². The largest absolute Gasteiger partial charge is 0.0740 e. The van der Waals surface area contributed by atoms with Gasteiger partial charge < -0.3 is 0 Å². The molecule has 0 nitrogen and oxygen atoms in total. The summed E-state index contributed by atoms with van der Waals surface area (Å²) in [7, 11) is 0.307. The summed E-state index contributed by atoms with van der Waals surface area (Å²) in [6.07, 6.45) is 8.59. The Labute approximate surface area is 89.9 Å². The van der Waals surface area contributed by atoms with Crippen LogP contribution in [0.25, 0.3) is 0 Å². The molecule has 0 radical (unpaired) electrons. The first kappa shape index (κ1) is 10.7. The molecule has 0 saturated carbocycles. The highest BCUT2D eigenvalue weighted by atomic mass is 31.1. The quantitative estimate of drug-likeness (QED) is 0.582. The summed E-state index contributed by atoms with van der Waals surface area (Å²) in [5, 5.41) is 1.95. The van der Waals surface area contributed by atoms with Crippen molar-refractivity contribution in [2.45, 2.75) is 70.6 Å². The minimum Gasteiger partial charge on any atom is -0.0740 e. The third kappa shape index (κ3) is 1.78. The molecular weight excluding hydrogens is 187 g/mol. The molecule has 0 aromatic heterocycles. The van der Waals surface area contributed by atoms with Gasteiger partial charge in [-0.15, -0.1) is 0 Å². The van der Waals surface area contributed by atoms with E-state index in [2.05, 4.69) is 20.8 Å². The van der Waals surface area contributed by atoms with Crippen molar-refractivity contribution in [3.63, 3.8) is 0 Å². The van der Waals surface area contributed by atoms with E-state index in [0.29, 0.717) is 7.92 Å². The lowest BCUT2D eigenvalue weighted by atomic mass is 10.1. The second-order valence-electron chi connectivity index (χ2n) is 4.99. The standard InChI is InChI=1S/C13H23P/c1-4-6-12-7-5-8-13(12)14-10(2)9-11(14)3/h10-11H,4-9H2,1-3H3/t10-,11-/m0/s1. The van der Waals surface area contributed by atoms with E-state index in [0.717, 1.165) is 11.3 Å². The lowest BCUT2D eigenvalue weighted by Crippen LogP contribution is -2.25. The molecule has 1 heterocycles. The molecule has 2 aliphatic rings. The maximum absolute atomic E-state index is 2.47. The highest BCUT2D eigenvalue weighted by Crippen LogP contribution is 2.67. The first-order chi connectivity index (χ1) is 6.74. The monoisotopic (exact) mass is 210 g/mol. The van der Waals surface area contributed by atoms with Gasteiger partial charge in [0.15, 0.2) is 0 Å². The van der Waals surface area contributed by atoms with E-state index in [9.17, 15) is 0 Å². The van der Waals surface area contributed by atoms with Crippen LogP contribution in [0.15, 0.2) is 10.9 Å². The summed E-state index contributed by atoms with van der Waals surface area (Å²) >= 11 is 0. The third-order valence-electron chi connectivity index (χ3n) is 3.80. The molecule has 0 spiro atoms. The molecule has 0 unspecified atom stereocenters. The molecule has 1 saturated heterocycles. The van der Waals surface area contributed by atoms with Crippen LogP contribution in [0.4, 0.5) is 0 Å². The maximum Gasteiger partial charge on any atom is -0.0192 e. The van der Waals surface area contributed by atoms with Gasteiger partial charge in [0.2, 0.25) is 0 Å². The highest BCUT2D eigenvalue weighted by Gasteiger charge is 2.38. The molecular formula is C13H23P. The first-order valence-corrected chi connectivity index (χ1v) is 7.71. The van der Waals surface area contributed by atoms with Crippen LogP contribution in [0.3, 0.4) is 0 Å². The Morgan fingerprint density at radius 2 is 1.93 bits per heavy atom. The van der Waals surface area contributed by atoms with Crippen molar-refractivity contribution in [3.05, 3.63) is 10.9 Å². The van der Waals surface area contributed by atoms with Gasteiger partial charge in [0.1, 0.15) is 0 Å². The average molecular weight is 210 g/mol. The lowest BCUT2D eigenvalue weighted by molar-refractivity contribution is 0.707. The second kappa shape index (κ2) is 4.35. The van der Waals surface area contributed by atoms with Gasteiger partial charge in [-0.3, -0.25) is 0 Å². The number of rotatable bonds is 3. The predicted octanol–water partition coefficient (Wildman–Crippen LogP) is 4.89.